The summed E-state index contributed by atoms with van der Waals surface area (Å²) in [5.74, 6) is -1.91. The largest absolute Gasteiger partial charge is 0.396 e. The number of halogens is 3. The topological polar surface area (TPSA) is 43.8 Å². The van der Waals surface area contributed by atoms with Crippen molar-refractivity contribution in [2.75, 3.05) is 5.73 Å². The van der Waals surface area contributed by atoms with Crippen molar-refractivity contribution in [2.24, 2.45) is 0 Å². The molecule has 106 valence electrons. The lowest BCUT2D eigenvalue weighted by Gasteiger charge is -2.02. The molecule has 2 N–H and O–H groups in total. The number of benzene rings is 2. The molecule has 0 bridgehead atoms. The zero-order valence-electron chi connectivity index (χ0n) is 10.7. The van der Waals surface area contributed by atoms with Crippen molar-refractivity contribution in [3.05, 3.63) is 65.3 Å². The van der Waals surface area contributed by atoms with E-state index in [0.29, 0.717) is 10.7 Å². The summed E-state index contributed by atoms with van der Waals surface area (Å²) >= 11 is 5.92. The quantitative estimate of drug-likeness (QED) is 0.776. The van der Waals surface area contributed by atoms with E-state index in [2.05, 4.69) is 5.10 Å². The van der Waals surface area contributed by atoms with E-state index in [1.54, 1.807) is 24.3 Å². The van der Waals surface area contributed by atoms with Crippen molar-refractivity contribution in [3.63, 3.8) is 0 Å². The highest BCUT2D eigenvalue weighted by Gasteiger charge is 2.16. The second-order valence-electron chi connectivity index (χ2n) is 4.46. The molecule has 3 aromatic rings. The second-order valence-corrected chi connectivity index (χ2v) is 4.90. The van der Waals surface area contributed by atoms with Gasteiger partial charge in [-0.3, -0.25) is 0 Å². The third-order valence-corrected chi connectivity index (χ3v) is 3.26. The summed E-state index contributed by atoms with van der Waals surface area (Å²) in [6, 6.07) is 10.8. The van der Waals surface area contributed by atoms with Crippen molar-refractivity contribution in [3.8, 4) is 16.9 Å². The van der Waals surface area contributed by atoms with Gasteiger partial charge in [-0.05, 0) is 30.3 Å². The molecular formula is C15H10ClF2N3. The highest BCUT2D eigenvalue weighted by atomic mass is 35.5. The van der Waals surface area contributed by atoms with Gasteiger partial charge in [0.05, 0.1) is 17.6 Å². The molecule has 0 atom stereocenters. The van der Waals surface area contributed by atoms with Crippen LogP contribution < -0.4 is 5.73 Å². The van der Waals surface area contributed by atoms with Gasteiger partial charge in [0.2, 0.25) is 0 Å². The zero-order chi connectivity index (χ0) is 15.0. The smallest absolute Gasteiger partial charge is 0.168 e. The molecule has 0 aliphatic rings. The first kappa shape index (κ1) is 13.6. The van der Waals surface area contributed by atoms with Gasteiger partial charge in [-0.25, -0.2) is 13.5 Å². The van der Waals surface area contributed by atoms with E-state index in [9.17, 15) is 8.78 Å². The molecule has 3 nitrogen and oxygen atoms in total. The third kappa shape index (κ3) is 2.48. The third-order valence-electron chi connectivity index (χ3n) is 3.02. The number of nitrogens with zero attached hydrogens (tertiary/aromatic N) is 2. The van der Waals surface area contributed by atoms with Gasteiger partial charge in [-0.15, -0.1) is 0 Å². The lowest BCUT2D eigenvalue weighted by Crippen LogP contribution is -1.96. The summed E-state index contributed by atoms with van der Waals surface area (Å²) in [6.07, 6.45) is 1.53. The van der Waals surface area contributed by atoms with Gasteiger partial charge in [-0.1, -0.05) is 23.7 Å². The molecule has 0 radical (unpaired) electrons. The summed E-state index contributed by atoms with van der Waals surface area (Å²) in [5, 5.41) is 4.76. The Labute approximate surface area is 124 Å². The minimum absolute atomic E-state index is 0.0216. The SMILES string of the molecule is Nc1cn(-c2cccc(Cl)c2)nc1-c1cccc(F)c1F. The molecule has 0 amide bonds. The van der Waals surface area contributed by atoms with Crippen molar-refractivity contribution >= 4 is 17.3 Å². The van der Waals surface area contributed by atoms with Crippen LogP contribution in [0.2, 0.25) is 5.02 Å². The van der Waals surface area contributed by atoms with Crippen molar-refractivity contribution < 1.29 is 8.78 Å². The first-order valence-electron chi connectivity index (χ1n) is 6.12. The Morgan fingerprint density at radius 2 is 1.86 bits per heavy atom. The monoisotopic (exact) mass is 305 g/mol. The Kier molecular flexibility index (Phi) is 3.35. The summed E-state index contributed by atoms with van der Waals surface area (Å²) < 4.78 is 28.6. The van der Waals surface area contributed by atoms with Crippen LogP contribution in [0.25, 0.3) is 16.9 Å². The van der Waals surface area contributed by atoms with Gasteiger partial charge < -0.3 is 5.73 Å². The van der Waals surface area contributed by atoms with E-state index in [4.69, 9.17) is 17.3 Å². The van der Waals surface area contributed by atoms with E-state index in [-0.39, 0.29) is 16.9 Å². The number of hydrogen-bond acceptors (Lipinski definition) is 2. The van der Waals surface area contributed by atoms with Crippen molar-refractivity contribution in [2.45, 2.75) is 0 Å². The molecule has 0 spiro atoms. The Balaban J connectivity index is 2.12. The van der Waals surface area contributed by atoms with Crippen LogP contribution >= 0.6 is 11.6 Å². The molecule has 0 aliphatic carbocycles. The molecular weight excluding hydrogens is 296 g/mol. The highest BCUT2D eigenvalue weighted by molar-refractivity contribution is 6.30. The van der Waals surface area contributed by atoms with Crippen LogP contribution in [0.15, 0.2) is 48.7 Å². The van der Waals surface area contributed by atoms with Crippen LogP contribution in [0.3, 0.4) is 0 Å². The fourth-order valence-electron chi connectivity index (χ4n) is 2.03. The summed E-state index contributed by atoms with van der Waals surface area (Å²) in [5.41, 5.74) is 7.00. The molecule has 0 saturated heterocycles. The molecule has 1 aromatic heterocycles. The lowest BCUT2D eigenvalue weighted by molar-refractivity contribution is 0.511. The average molecular weight is 306 g/mol. The van der Waals surface area contributed by atoms with Gasteiger partial charge in [0.15, 0.2) is 11.6 Å². The lowest BCUT2D eigenvalue weighted by atomic mass is 10.1. The van der Waals surface area contributed by atoms with E-state index in [1.165, 1.54) is 23.0 Å². The van der Waals surface area contributed by atoms with Crippen LogP contribution in [0, 0.1) is 11.6 Å². The first-order chi connectivity index (χ1) is 10.1. The van der Waals surface area contributed by atoms with Gasteiger partial charge in [0, 0.05) is 10.6 Å². The molecule has 2 aromatic carbocycles. The van der Waals surface area contributed by atoms with Crippen molar-refractivity contribution in [1.29, 1.82) is 0 Å². The van der Waals surface area contributed by atoms with Crippen LogP contribution in [0.1, 0.15) is 0 Å². The van der Waals surface area contributed by atoms with Crippen LogP contribution in [0.5, 0.6) is 0 Å². The highest BCUT2D eigenvalue weighted by Crippen LogP contribution is 2.29. The Morgan fingerprint density at radius 1 is 1.10 bits per heavy atom. The number of rotatable bonds is 2. The van der Waals surface area contributed by atoms with Gasteiger partial charge >= 0.3 is 0 Å². The second kappa shape index (κ2) is 5.18. The van der Waals surface area contributed by atoms with E-state index < -0.39 is 11.6 Å². The standard InChI is InChI=1S/C15H10ClF2N3/c16-9-3-1-4-10(7-9)21-8-13(19)15(20-21)11-5-2-6-12(17)14(11)18/h1-8H,19H2. The zero-order valence-corrected chi connectivity index (χ0v) is 11.5. The maximum absolute atomic E-state index is 13.8. The minimum Gasteiger partial charge on any atom is -0.396 e. The maximum atomic E-state index is 13.8. The predicted octanol–water partition coefficient (Wildman–Crippen LogP) is 4.05. The van der Waals surface area contributed by atoms with Gasteiger partial charge in [0.25, 0.3) is 0 Å². The Morgan fingerprint density at radius 3 is 2.62 bits per heavy atom. The van der Waals surface area contributed by atoms with Crippen LogP contribution in [0.4, 0.5) is 14.5 Å². The van der Waals surface area contributed by atoms with Gasteiger partial charge in [-0.2, -0.15) is 5.10 Å². The molecule has 0 saturated carbocycles. The fraction of sp³-hybridized carbons (Fsp3) is 0. The van der Waals surface area contributed by atoms with Crippen LogP contribution in [-0.2, 0) is 0 Å². The molecule has 3 rings (SSSR count). The molecule has 0 unspecified atom stereocenters. The molecule has 6 heteroatoms. The molecule has 0 fully saturated rings. The van der Waals surface area contributed by atoms with E-state index >= 15 is 0 Å². The van der Waals surface area contributed by atoms with Gasteiger partial charge in [0.1, 0.15) is 5.69 Å². The number of nitrogen functional groups attached to an aromatic ring is 1. The summed E-state index contributed by atoms with van der Waals surface area (Å²) in [7, 11) is 0. The number of aromatic nitrogens is 2. The van der Waals surface area contributed by atoms with E-state index in [0.717, 1.165) is 6.07 Å². The summed E-state index contributed by atoms with van der Waals surface area (Å²) in [4.78, 5) is 0. The van der Waals surface area contributed by atoms with Crippen molar-refractivity contribution in [1.82, 2.24) is 9.78 Å². The molecule has 1 heterocycles. The number of anilines is 1. The average Bonchev–Trinajstić information content (AvgIpc) is 2.84. The minimum atomic E-state index is -0.972. The first-order valence-corrected chi connectivity index (χ1v) is 6.49. The Bertz CT molecular complexity index is 814. The normalized spacial score (nSPS) is 10.8. The number of nitrogens with two attached hydrogens (primary N) is 1. The summed E-state index contributed by atoms with van der Waals surface area (Å²) in [6.45, 7) is 0. The molecule has 0 aliphatic heterocycles. The Hall–Kier alpha value is -2.40. The van der Waals surface area contributed by atoms with Crippen LogP contribution in [-0.4, -0.2) is 9.78 Å². The maximum Gasteiger partial charge on any atom is 0.168 e. The fourth-order valence-corrected chi connectivity index (χ4v) is 2.22. The predicted molar refractivity (Wildman–Crippen MR) is 78.3 cm³/mol. The molecule has 21 heavy (non-hydrogen) atoms. The van der Waals surface area contributed by atoms with E-state index in [1.807, 2.05) is 0 Å². The number of hydrogen-bond donors (Lipinski definition) is 1.